The Kier molecular flexibility index (Phi) is 3.32. The van der Waals surface area contributed by atoms with Crippen LogP contribution in [0.1, 0.15) is 25.7 Å². The van der Waals surface area contributed by atoms with Crippen molar-refractivity contribution in [2.24, 2.45) is 0 Å². The van der Waals surface area contributed by atoms with E-state index in [0.717, 1.165) is 17.3 Å². The molecular formula is C14H18BrFN2. The average molecular weight is 313 g/mol. The van der Waals surface area contributed by atoms with Crippen LogP contribution in [0.5, 0.6) is 0 Å². The summed E-state index contributed by atoms with van der Waals surface area (Å²) in [4.78, 5) is 2.49. The molecule has 2 atom stereocenters. The van der Waals surface area contributed by atoms with E-state index in [2.05, 4.69) is 33.2 Å². The fourth-order valence-corrected chi connectivity index (χ4v) is 3.83. The number of nitrogens with zero attached hydrogens (tertiary/aromatic N) is 1. The normalized spacial score (nSPS) is 31.6. The van der Waals surface area contributed by atoms with Gasteiger partial charge in [-0.15, -0.1) is 0 Å². The molecule has 1 N–H and O–H groups in total. The van der Waals surface area contributed by atoms with Crippen LogP contribution in [0.15, 0.2) is 22.7 Å². The Bertz CT molecular complexity index is 417. The number of para-hydroxylation sites is 1. The molecule has 98 valence electrons. The maximum Gasteiger partial charge on any atom is 0.147 e. The van der Waals surface area contributed by atoms with Gasteiger partial charge in [0.2, 0.25) is 0 Å². The number of anilines is 1. The Labute approximate surface area is 116 Å². The topological polar surface area (TPSA) is 15.3 Å². The van der Waals surface area contributed by atoms with Crippen LogP contribution in [0.25, 0.3) is 0 Å². The van der Waals surface area contributed by atoms with Gasteiger partial charge in [-0.05, 0) is 60.8 Å². The van der Waals surface area contributed by atoms with Crippen molar-refractivity contribution in [2.75, 3.05) is 12.4 Å². The molecule has 0 aromatic heterocycles. The van der Waals surface area contributed by atoms with E-state index in [1.54, 1.807) is 6.07 Å². The molecule has 0 amide bonds. The molecule has 2 heterocycles. The first-order valence-electron chi connectivity index (χ1n) is 6.57. The van der Waals surface area contributed by atoms with E-state index in [9.17, 15) is 4.39 Å². The maximum absolute atomic E-state index is 13.8. The number of fused-ring (bicyclic) bond motifs is 2. The first-order valence-corrected chi connectivity index (χ1v) is 7.37. The van der Waals surface area contributed by atoms with Crippen LogP contribution in [0.2, 0.25) is 0 Å². The Morgan fingerprint density at radius 3 is 2.56 bits per heavy atom. The quantitative estimate of drug-likeness (QED) is 0.897. The van der Waals surface area contributed by atoms with Gasteiger partial charge in [0.15, 0.2) is 0 Å². The van der Waals surface area contributed by atoms with E-state index in [1.807, 2.05) is 6.07 Å². The minimum atomic E-state index is -0.171. The van der Waals surface area contributed by atoms with Gasteiger partial charge in [-0.25, -0.2) is 4.39 Å². The van der Waals surface area contributed by atoms with E-state index >= 15 is 0 Å². The summed E-state index contributed by atoms with van der Waals surface area (Å²) >= 11 is 3.42. The lowest BCUT2D eigenvalue weighted by atomic mass is 9.98. The van der Waals surface area contributed by atoms with Gasteiger partial charge >= 0.3 is 0 Å². The van der Waals surface area contributed by atoms with Crippen molar-refractivity contribution in [3.8, 4) is 0 Å². The highest BCUT2D eigenvalue weighted by molar-refractivity contribution is 9.10. The molecule has 2 nitrogen and oxygen atoms in total. The lowest BCUT2D eigenvalue weighted by Crippen LogP contribution is -2.44. The van der Waals surface area contributed by atoms with Crippen LogP contribution in [-0.2, 0) is 0 Å². The fourth-order valence-electron chi connectivity index (χ4n) is 3.37. The lowest BCUT2D eigenvalue weighted by Gasteiger charge is -2.37. The largest absolute Gasteiger partial charge is 0.379 e. The number of benzene rings is 1. The molecular weight excluding hydrogens is 295 g/mol. The van der Waals surface area contributed by atoms with Gasteiger partial charge in [-0.3, -0.25) is 0 Å². The Balaban J connectivity index is 1.74. The third kappa shape index (κ3) is 2.16. The van der Waals surface area contributed by atoms with Crippen molar-refractivity contribution in [2.45, 2.75) is 43.8 Å². The minimum absolute atomic E-state index is 0.171. The Morgan fingerprint density at radius 2 is 1.94 bits per heavy atom. The van der Waals surface area contributed by atoms with E-state index in [-0.39, 0.29) is 5.82 Å². The van der Waals surface area contributed by atoms with Gasteiger partial charge in [0.1, 0.15) is 5.82 Å². The second-order valence-corrected chi connectivity index (χ2v) is 6.31. The monoisotopic (exact) mass is 312 g/mol. The molecule has 2 aliphatic heterocycles. The summed E-state index contributed by atoms with van der Waals surface area (Å²) in [6.07, 6.45) is 4.82. The van der Waals surface area contributed by atoms with Crippen LogP contribution in [-0.4, -0.2) is 30.1 Å². The van der Waals surface area contributed by atoms with Crippen molar-refractivity contribution in [1.29, 1.82) is 0 Å². The minimum Gasteiger partial charge on any atom is -0.379 e. The fraction of sp³-hybridized carbons (Fsp3) is 0.571. The van der Waals surface area contributed by atoms with E-state index in [4.69, 9.17) is 0 Å². The molecule has 2 aliphatic rings. The summed E-state index contributed by atoms with van der Waals surface area (Å²) in [7, 11) is 2.22. The summed E-state index contributed by atoms with van der Waals surface area (Å²) in [5.41, 5.74) is 0.617. The van der Waals surface area contributed by atoms with Gasteiger partial charge in [0.25, 0.3) is 0 Å². The maximum atomic E-state index is 13.8. The molecule has 2 bridgehead atoms. The van der Waals surface area contributed by atoms with Crippen molar-refractivity contribution < 1.29 is 4.39 Å². The van der Waals surface area contributed by atoms with Gasteiger partial charge in [-0.2, -0.15) is 0 Å². The zero-order chi connectivity index (χ0) is 12.7. The summed E-state index contributed by atoms with van der Waals surface area (Å²) in [6.45, 7) is 0. The first-order chi connectivity index (χ1) is 8.65. The third-order valence-corrected chi connectivity index (χ3v) is 5.07. The molecule has 1 aromatic carbocycles. The second-order valence-electron chi connectivity index (χ2n) is 5.46. The zero-order valence-electron chi connectivity index (χ0n) is 10.5. The SMILES string of the molecule is CN1C2CCC1CC(Nc1c(F)cccc1Br)C2. The zero-order valence-corrected chi connectivity index (χ0v) is 12.1. The van der Waals surface area contributed by atoms with Gasteiger partial charge in [0, 0.05) is 22.6 Å². The molecule has 0 saturated carbocycles. The molecule has 2 saturated heterocycles. The number of hydrogen-bond acceptors (Lipinski definition) is 2. The van der Waals surface area contributed by atoms with E-state index in [1.165, 1.54) is 18.9 Å². The molecule has 3 rings (SSSR count). The number of hydrogen-bond donors (Lipinski definition) is 1. The van der Waals surface area contributed by atoms with Crippen LogP contribution < -0.4 is 5.32 Å². The van der Waals surface area contributed by atoms with Crippen molar-refractivity contribution in [1.82, 2.24) is 4.90 Å². The third-order valence-electron chi connectivity index (χ3n) is 4.41. The van der Waals surface area contributed by atoms with Crippen LogP contribution in [0.4, 0.5) is 10.1 Å². The van der Waals surface area contributed by atoms with E-state index < -0.39 is 0 Å². The highest BCUT2D eigenvalue weighted by atomic mass is 79.9. The molecule has 4 heteroatoms. The van der Waals surface area contributed by atoms with Gasteiger partial charge in [-0.1, -0.05) is 6.07 Å². The number of piperidine rings is 1. The van der Waals surface area contributed by atoms with Crippen molar-refractivity contribution in [3.63, 3.8) is 0 Å². The Morgan fingerprint density at radius 1 is 1.28 bits per heavy atom. The molecule has 0 aliphatic carbocycles. The van der Waals surface area contributed by atoms with Crippen LogP contribution >= 0.6 is 15.9 Å². The highest BCUT2D eigenvalue weighted by Crippen LogP contribution is 2.36. The summed E-state index contributed by atoms with van der Waals surface area (Å²) in [5, 5.41) is 3.39. The molecule has 1 aromatic rings. The molecule has 2 unspecified atom stereocenters. The summed E-state index contributed by atoms with van der Waals surface area (Å²) in [5.74, 6) is -0.171. The number of halogens is 2. The predicted octanol–water partition coefficient (Wildman–Crippen LogP) is 3.63. The molecule has 0 spiro atoms. The first kappa shape index (κ1) is 12.4. The molecule has 0 radical (unpaired) electrons. The van der Waals surface area contributed by atoms with Gasteiger partial charge < -0.3 is 10.2 Å². The summed E-state index contributed by atoms with van der Waals surface area (Å²) < 4.78 is 14.6. The Hall–Kier alpha value is -0.610. The molecule has 2 fully saturated rings. The average Bonchev–Trinajstić information content (AvgIpc) is 2.58. The number of nitrogens with one attached hydrogen (secondary N) is 1. The van der Waals surface area contributed by atoms with Crippen molar-refractivity contribution >= 4 is 21.6 Å². The van der Waals surface area contributed by atoms with Crippen molar-refractivity contribution in [3.05, 3.63) is 28.5 Å². The van der Waals surface area contributed by atoms with Crippen LogP contribution in [0.3, 0.4) is 0 Å². The summed E-state index contributed by atoms with van der Waals surface area (Å²) in [6, 6.07) is 6.86. The molecule has 18 heavy (non-hydrogen) atoms. The van der Waals surface area contributed by atoms with E-state index in [0.29, 0.717) is 23.8 Å². The smallest absolute Gasteiger partial charge is 0.147 e. The number of rotatable bonds is 2. The van der Waals surface area contributed by atoms with Crippen LogP contribution in [0, 0.1) is 5.82 Å². The van der Waals surface area contributed by atoms with Gasteiger partial charge in [0.05, 0.1) is 5.69 Å². The lowest BCUT2D eigenvalue weighted by molar-refractivity contribution is 0.168. The second kappa shape index (κ2) is 4.82. The standard InChI is InChI=1S/C14H18BrFN2/c1-18-10-5-6-11(18)8-9(7-10)17-14-12(15)3-2-4-13(14)16/h2-4,9-11,17H,5-8H2,1H3. The highest BCUT2D eigenvalue weighted by Gasteiger charge is 2.38. The predicted molar refractivity (Wildman–Crippen MR) is 75.3 cm³/mol.